The van der Waals surface area contributed by atoms with E-state index in [0.717, 1.165) is 0 Å². The SMILES string of the molecule is CN[C@@H](CO)c1cccs1. The van der Waals surface area contributed by atoms with Gasteiger partial charge < -0.3 is 10.4 Å². The lowest BCUT2D eigenvalue weighted by Gasteiger charge is -2.09. The van der Waals surface area contributed by atoms with Crippen LogP contribution in [0.1, 0.15) is 10.9 Å². The molecule has 0 unspecified atom stereocenters. The van der Waals surface area contributed by atoms with Gasteiger partial charge in [-0.25, -0.2) is 0 Å². The van der Waals surface area contributed by atoms with Crippen LogP contribution in [0.3, 0.4) is 0 Å². The van der Waals surface area contributed by atoms with E-state index in [0.29, 0.717) is 0 Å². The highest BCUT2D eigenvalue weighted by Gasteiger charge is 2.06. The molecule has 2 nitrogen and oxygen atoms in total. The first-order chi connectivity index (χ1) is 4.88. The van der Waals surface area contributed by atoms with Crippen molar-refractivity contribution >= 4 is 11.3 Å². The van der Waals surface area contributed by atoms with Crippen LogP contribution in [0.15, 0.2) is 17.5 Å². The van der Waals surface area contributed by atoms with E-state index in [-0.39, 0.29) is 12.6 Å². The summed E-state index contributed by atoms with van der Waals surface area (Å²) in [5.74, 6) is 0. The Morgan fingerprint density at radius 3 is 3.00 bits per heavy atom. The predicted octanol–water partition coefficient (Wildman–Crippen LogP) is 1.00. The van der Waals surface area contributed by atoms with E-state index >= 15 is 0 Å². The van der Waals surface area contributed by atoms with Crippen LogP contribution in [0.25, 0.3) is 0 Å². The van der Waals surface area contributed by atoms with Crippen LogP contribution in [0.5, 0.6) is 0 Å². The molecule has 0 saturated carbocycles. The van der Waals surface area contributed by atoms with E-state index < -0.39 is 0 Å². The molecule has 0 aliphatic heterocycles. The zero-order valence-corrected chi connectivity index (χ0v) is 6.69. The van der Waals surface area contributed by atoms with Crippen LogP contribution in [0, 0.1) is 0 Å². The lowest BCUT2D eigenvalue weighted by Crippen LogP contribution is -2.18. The zero-order valence-electron chi connectivity index (χ0n) is 5.87. The largest absolute Gasteiger partial charge is 0.394 e. The van der Waals surface area contributed by atoms with Crippen LogP contribution in [0.2, 0.25) is 0 Å². The molecule has 0 bridgehead atoms. The Kier molecular flexibility index (Phi) is 2.86. The van der Waals surface area contributed by atoms with Gasteiger partial charge in [0, 0.05) is 4.88 Å². The zero-order chi connectivity index (χ0) is 7.40. The number of thiophene rings is 1. The Bertz CT molecular complexity index is 170. The molecule has 1 aromatic heterocycles. The van der Waals surface area contributed by atoms with Gasteiger partial charge >= 0.3 is 0 Å². The summed E-state index contributed by atoms with van der Waals surface area (Å²) in [6.45, 7) is 0.164. The van der Waals surface area contributed by atoms with Crippen molar-refractivity contribution in [2.75, 3.05) is 13.7 Å². The van der Waals surface area contributed by atoms with Crippen LogP contribution < -0.4 is 5.32 Å². The fraction of sp³-hybridized carbons (Fsp3) is 0.429. The standard InChI is InChI=1S/C7H11NOS/c1-8-6(5-9)7-3-2-4-10-7/h2-4,6,8-9H,5H2,1H3/t6-/m0/s1. The lowest BCUT2D eigenvalue weighted by molar-refractivity contribution is 0.253. The Balaban J connectivity index is 2.64. The van der Waals surface area contributed by atoms with Gasteiger partial charge in [-0.15, -0.1) is 11.3 Å². The summed E-state index contributed by atoms with van der Waals surface area (Å²) in [4.78, 5) is 1.19. The third-order valence-electron chi connectivity index (χ3n) is 1.42. The Morgan fingerprint density at radius 2 is 2.60 bits per heavy atom. The van der Waals surface area contributed by atoms with Gasteiger partial charge in [0.25, 0.3) is 0 Å². The van der Waals surface area contributed by atoms with Gasteiger partial charge in [0.1, 0.15) is 0 Å². The van der Waals surface area contributed by atoms with Crippen LogP contribution in [-0.4, -0.2) is 18.8 Å². The third-order valence-corrected chi connectivity index (χ3v) is 2.40. The summed E-state index contributed by atoms with van der Waals surface area (Å²) in [5.41, 5.74) is 0. The molecule has 1 rings (SSSR count). The van der Waals surface area contributed by atoms with E-state index in [9.17, 15) is 0 Å². The summed E-state index contributed by atoms with van der Waals surface area (Å²) in [6.07, 6.45) is 0. The average Bonchev–Trinajstić information content (AvgIpc) is 2.43. The fourth-order valence-corrected chi connectivity index (χ4v) is 1.64. The van der Waals surface area contributed by atoms with Gasteiger partial charge in [-0.2, -0.15) is 0 Å². The molecule has 10 heavy (non-hydrogen) atoms. The number of nitrogens with one attached hydrogen (secondary N) is 1. The molecule has 56 valence electrons. The summed E-state index contributed by atoms with van der Waals surface area (Å²) in [5, 5.41) is 13.9. The molecule has 0 aromatic carbocycles. The molecule has 1 atom stereocenters. The second-order valence-electron chi connectivity index (χ2n) is 2.04. The van der Waals surface area contributed by atoms with Gasteiger partial charge in [-0.1, -0.05) is 6.07 Å². The van der Waals surface area contributed by atoms with Crippen molar-refractivity contribution < 1.29 is 5.11 Å². The van der Waals surface area contributed by atoms with Gasteiger partial charge in [-0.05, 0) is 18.5 Å². The molecule has 1 heterocycles. The molecule has 0 spiro atoms. The second-order valence-corrected chi connectivity index (χ2v) is 3.02. The molecule has 2 N–H and O–H groups in total. The van der Waals surface area contributed by atoms with E-state index in [1.165, 1.54) is 4.88 Å². The Labute approximate surface area is 64.5 Å². The van der Waals surface area contributed by atoms with Crippen molar-refractivity contribution in [2.45, 2.75) is 6.04 Å². The number of rotatable bonds is 3. The predicted molar refractivity (Wildman–Crippen MR) is 43.2 cm³/mol. The molecule has 0 aliphatic rings. The number of hydrogen-bond donors (Lipinski definition) is 2. The summed E-state index contributed by atoms with van der Waals surface area (Å²) < 4.78 is 0. The first kappa shape index (κ1) is 7.72. The number of aliphatic hydroxyl groups excluding tert-OH is 1. The minimum Gasteiger partial charge on any atom is -0.394 e. The number of likely N-dealkylation sites (N-methyl/N-ethyl adjacent to an activating group) is 1. The van der Waals surface area contributed by atoms with E-state index in [2.05, 4.69) is 5.32 Å². The van der Waals surface area contributed by atoms with Gasteiger partial charge in [0.05, 0.1) is 12.6 Å². The van der Waals surface area contributed by atoms with Crippen molar-refractivity contribution in [1.82, 2.24) is 5.32 Å². The Morgan fingerprint density at radius 1 is 1.80 bits per heavy atom. The first-order valence-corrected chi connectivity index (χ1v) is 4.08. The molecule has 0 amide bonds. The van der Waals surface area contributed by atoms with E-state index in [4.69, 9.17) is 5.11 Å². The molecule has 0 aliphatic carbocycles. The molecular formula is C7H11NOS. The molecular weight excluding hydrogens is 146 g/mol. The van der Waals surface area contributed by atoms with Gasteiger partial charge in [0.15, 0.2) is 0 Å². The smallest absolute Gasteiger partial charge is 0.0647 e. The van der Waals surface area contributed by atoms with E-state index in [1.807, 2.05) is 24.6 Å². The maximum atomic E-state index is 8.84. The molecule has 3 heteroatoms. The van der Waals surface area contributed by atoms with E-state index in [1.54, 1.807) is 11.3 Å². The van der Waals surface area contributed by atoms with Gasteiger partial charge in [-0.3, -0.25) is 0 Å². The maximum Gasteiger partial charge on any atom is 0.0647 e. The topological polar surface area (TPSA) is 32.3 Å². The minimum absolute atomic E-state index is 0.111. The van der Waals surface area contributed by atoms with Crippen LogP contribution in [-0.2, 0) is 0 Å². The van der Waals surface area contributed by atoms with Gasteiger partial charge in [0.2, 0.25) is 0 Å². The second kappa shape index (κ2) is 3.71. The average molecular weight is 157 g/mol. The fourth-order valence-electron chi connectivity index (χ4n) is 0.813. The maximum absolute atomic E-state index is 8.84. The van der Waals surface area contributed by atoms with Crippen molar-refractivity contribution in [3.8, 4) is 0 Å². The summed E-state index contributed by atoms with van der Waals surface area (Å²) in [6, 6.07) is 4.11. The van der Waals surface area contributed by atoms with Crippen molar-refractivity contribution in [3.63, 3.8) is 0 Å². The molecule has 0 fully saturated rings. The Hall–Kier alpha value is -0.380. The molecule has 1 aromatic rings. The van der Waals surface area contributed by atoms with Crippen molar-refractivity contribution in [1.29, 1.82) is 0 Å². The van der Waals surface area contributed by atoms with Crippen LogP contribution in [0.4, 0.5) is 0 Å². The normalized spacial score (nSPS) is 13.4. The number of aliphatic hydroxyl groups is 1. The highest BCUT2D eigenvalue weighted by molar-refractivity contribution is 7.10. The number of hydrogen-bond acceptors (Lipinski definition) is 3. The highest BCUT2D eigenvalue weighted by atomic mass is 32.1. The molecule has 0 radical (unpaired) electrons. The van der Waals surface area contributed by atoms with Crippen molar-refractivity contribution in [3.05, 3.63) is 22.4 Å². The summed E-state index contributed by atoms with van der Waals surface area (Å²) >= 11 is 1.66. The summed E-state index contributed by atoms with van der Waals surface area (Å²) in [7, 11) is 1.85. The molecule has 0 saturated heterocycles. The lowest BCUT2D eigenvalue weighted by atomic mass is 10.2. The van der Waals surface area contributed by atoms with Crippen molar-refractivity contribution in [2.24, 2.45) is 0 Å². The first-order valence-electron chi connectivity index (χ1n) is 3.20. The third kappa shape index (κ3) is 1.56. The van der Waals surface area contributed by atoms with Crippen LogP contribution >= 0.6 is 11.3 Å². The minimum atomic E-state index is 0.111. The monoisotopic (exact) mass is 157 g/mol. The quantitative estimate of drug-likeness (QED) is 0.686. The highest BCUT2D eigenvalue weighted by Crippen LogP contribution is 2.17.